The van der Waals surface area contributed by atoms with Crippen LogP contribution in [0.3, 0.4) is 0 Å². The lowest BCUT2D eigenvalue weighted by Gasteiger charge is -2.11. The van der Waals surface area contributed by atoms with Gasteiger partial charge in [0.1, 0.15) is 0 Å². The second-order valence-electron chi connectivity index (χ2n) is 11.4. The molecule has 0 aromatic carbocycles. The molecule has 38 heavy (non-hydrogen) atoms. The lowest BCUT2D eigenvalue weighted by atomic mass is 10.0. The second-order valence-corrected chi connectivity index (χ2v) is 13.1. The molecule has 0 aliphatic rings. The van der Waals surface area contributed by atoms with E-state index < -0.39 is 19.1 Å². The van der Waals surface area contributed by atoms with Crippen LogP contribution in [-0.4, -0.2) is 16.4 Å². The van der Waals surface area contributed by atoms with E-state index in [1.807, 2.05) is 0 Å². The van der Waals surface area contributed by atoms with E-state index in [1.54, 1.807) is 0 Å². The summed E-state index contributed by atoms with van der Waals surface area (Å²) in [5, 5.41) is 0. The molecule has 1 unspecified atom stereocenters. The van der Waals surface area contributed by atoms with Gasteiger partial charge in [-0.05, 0) is 12.8 Å². The highest BCUT2D eigenvalue weighted by Gasteiger charge is 2.33. The highest BCUT2D eigenvalue weighted by molar-refractivity contribution is 7.71. The Hall–Kier alpha value is -0.670. The topological polar surface area (TPSA) is 80.7 Å². The number of rotatable bonds is 30. The van der Waals surface area contributed by atoms with Gasteiger partial charge in [-0.2, -0.15) is 0 Å². The number of hydrogen-bond donors (Lipinski definition) is 1. The van der Waals surface area contributed by atoms with Crippen LogP contribution in [0.25, 0.3) is 0 Å². The molecule has 0 bridgehead atoms. The zero-order chi connectivity index (χ0) is 28.2. The molecular formula is C32H63O5P. The fourth-order valence-corrected chi connectivity index (χ4v) is 5.87. The van der Waals surface area contributed by atoms with Crippen molar-refractivity contribution in [2.45, 2.75) is 194 Å². The maximum atomic E-state index is 12.2. The van der Waals surface area contributed by atoms with Crippen molar-refractivity contribution in [2.75, 3.05) is 0 Å². The third-order valence-electron chi connectivity index (χ3n) is 7.52. The van der Waals surface area contributed by atoms with Crippen molar-refractivity contribution in [1.82, 2.24) is 0 Å². The molecule has 226 valence electrons. The molecule has 1 atom stereocenters. The summed E-state index contributed by atoms with van der Waals surface area (Å²) in [4.78, 5) is 34.0. The molecule has 0 radical (unpaired) electrons. The summed E-state index contributed by atoms with van der Waals surface area (Å²) in [5.74, 6) is -0.724. The van der Waals surface area contributed by atoms with Crippen LogP contribution in [0.4, 0.5) is 0 Å². The van der Waals surface area contributed by atoms with Crippen molar-refractivity contribution in [3.05, 3.63) is 0 Å². The second kappa shape index (κ2) is 27.9. The fraction of sp³-hybridized carbons (Fsp3) is 0.938. The first kappa shape index (κ1) is 37.3. The SMILES string of the molecule is CCCCCCCCCCCCCCCC(=O)OP(=O)(O)C(=O)CCCCCCCCCCCCCCC. The van der Waals surface area contributed by atoms with Gasteiger partial charge in [-0.15, -0.1) is 0 Å². The van der Waals surface area contributed by atoms with Crippen LogP contribution in [-0.2, 0) is 18.7 Å². The summed E-state index contributed by atoms with van der Waals surface area (Å²) in [7, 11) is -4.50. The standard InChI is InChI=1S/C32H63O5P/c1-3-5-7-9-11-13-15-17-19-21-23-25-27-29-31(33)37-38(35,36)32(34)30-28-26-24-22-20-18-16-14-12-10-8-6-4-2/h3-30H2,1-2H3,(H,35,36). The van der Waals surface area contributed by atoms with Crippen molar-refractivity contribution in [3.8, 4) is 0 Å². The molecule has 0 aliphatic carbocycles. The van der Waals surface area contributed by atoms with E-state index in [0.29, 0.717) is 12.8 Å². The van der Waals surface area contributed by atoms with Gasteiger partial charge in [-0.1, -0.05) is 168 Å². The Morgan fingerprint density at radius 2 is 0.737 bits per heavy atom. The Labute approximate surface area is 236 Å². The Morgan fingerprint density at radius 3 is 1.05 bits per heavy atom. The lowest BCUT2D eigenvalue weighted by Crippen LogP contribution is -2.09. The Balaban J connectivity index is 3.58. The molecule has 0 spiro atoms. The van der Waals surface area contributed by atoms with E-state index >= 15 is 0 Å². The molecule has 0 fully saturated rings. The highest BCUT2D eigenvalue weighted by atomic mass is 31.2. The normalized spacial score (nSPS) is 12.9. The van der Waals surface area contributed by atoms with Gasteiger partial charge in [-0.25, -0.2) is 4.57 Å². The minimum absolute atomic E-state index is 0.0115. The molecule has 6 heteroatoms. The monoisotopic (exact) mass is 558 g/mol. The van der Waals surface area contributed by atoms with E-state index in [4.69, 9.17) is 4.52 Å². The van der Waals surface area contributed by atoms with Gasteiger partial charge in [0.15, 0.2) is 0 Å². The summed E-state index contributed by atoms with van der Waals surface area (Å²) in [6, 6.07) is 0. The zero-order valence-electron chi connectivity index (χ0n) is 25.3. The smallest absolute Gasteiger partial charge is 0.387 e. The molecule has 0 saturated carbocycles. The van der Waals surface area contributed by atoms with Gasteiger partial charge >= 0.3 is 13.6 Å². The molecule has 0 aromatic heterocycles. The third-order valence-corrected chi connectivity index (χ3v) is 8.82. The molecule has 0 heterocycles. The summed E-state index contributed by atoms with van der Waals surface area (Å²) < 4.78 is 16.9. The van der Waals surface area contributed by atoms with Crippen molar-refractivity contribution in [1.29, 1.82) is 0 Å². The first-order chi connectivity index (χ1) is 18.4. The summed E-state index contributed by atoms with van der Waals surface area (Å²) in [6.45, 7) is 4.49. The molecule has 0 aromatic rings. The predicted octanol–water partition coefficient (Wildman–Crippen LogP) is 11.2. The molecule has 1 N–H and O–H groups in total. The van der Waals surface area contributed by atoms with Gasteiger partial charge in [0.05, 0.1) is 0 Å². The van der Waals surface area contributed by atoms with E-state index in [-0.39, 0.29) is 12.8 Å². The predicted molar refractivity (Wildman–Crippen MR) is 162 cm³/mol. The van der Waals surface area contributed by atoms with Crippen molar-refractivity contribution >= 4 is 19.1 Å². The van der Waals surface area contributed by atoms with Crippen LogP contribution in [0.5, 0.6) is 0 Å². The number of carbonyl (C=O) groups is 2. The van der Waals surface area contributed by atoms with Gasteiger partial charge in [0.2, 0.25) is 0 Å². The molecular weight excluding hydrogens is 495 g/mol. The van der Waals surface area contributed by atoms with Crippen LogP contribution in [0.15, 0.2) is 0 Å². The summed E-state index contributed by atoms with van der Waals surface area (Å²) >= 11 is 0. The molecule has 5 nitrogen and oxygen atoms in total. The molecule has 0 rings (SSSR count). The quantitative estimate of drug-likeness (QED) is 0.0700. The van der Waals surface area contributed by atoms with E-state index in [9.17, 15) is 19.0 Å². The first-order valence-electron chi connectivity index (χ1n) is 16.5. The number of carbonyl (C=O) groups excluding carboxylic acids is 2. The van der Waals surface area contributed by atoms with Crippen molar-refractivity contribution in [2.24, 2.45) is 0 Å². The summed E-state index contributed by atoms with van der Waals surface area (Å²) in [5.41, 5.74) is -0.820. The van der Waals surface area contributed by atoms with Crippen LogP contribution < -0.4 is 0 Å². The average molecular weight is 559 g/mol. The zero-order valence-corrected chi connectivity index (χ0v) is 26.2. The van der Waals surface area contributed by atoms with Crippen LogP contribution in [0.1, 0.15) is 194 Å². The van der Waals surface area contributed by atoms with Gasteiger partial charge in [-0.3, -0.25) is 9.59 Å². The Morgan fingerprint density at radius 1 is 0.474 bits per heavy atom. The number of unbranched alkanes of at least 4 members (excludes halogenated alkanes) is 24. The molecule has 0 saturated heterocycles. The van der Waals surface area contributed by atoms with Crippen LogP contribution in [0.2, 0.25) is 0 Å². The Kier molecular flexibility index (Phi) is 27.4. The maximum absolute atomic E-state index is 12.2. The minimum Gasteiger partial charge on any atom is -0.387 e. The Bertz CT molecular complexity index is 592. The van der Waals surface area contributed by atoms with Crippen LogP contribution >= 0.6 is 7.60 Å². The first-order valence-corrected chi connectivity index (χ1v) is 18.1. The molecule has 0 amide bonds. The number of hydrogen-bond acceptors (Lipinski definition) is 4. The van der Waals surface area contributed by atoms with E-state index in [1.165, 1.54) is 122 Å². The van der Waals surface area contributed by atoms with Gasteiger partial charge < -0.3 is 9.42 Å². The summed E-state index contributed by atoms with van der Waals surface area (Å²) in [6.07, 6.45) is 31.4. The van der Waals surface area contributed by atoms with Gasteiger partial charge in [0, 0.05) is 12.8 Å². The van der Waals surface area contributed by atoms with E-state index in [0.717, 1.165) is 32.1 Å². The minimum atomic E-state index is -4.50. The molecule has 0 aliphatic heterocycles. The third kappa shape index (κ3) is 25.6. The van der Waals surface area contributed by atoms with Crippen molar-refractivity contribution < 1.29 is 23.6 Å². The largest absolute Gasteiger partial charge is 0.445 e. The van der Waals surface area contributed by atoms with Crippen molar-refractivity contribution in [3.63, 3.8) is 0 Å². The maximum Gasteiger partial charge on any atom is 0.445 e. The fourth-order valence-electron chi connectivity index (χ4n) is 4.96. The van der Waals surface area contributed by atoms with Gasteiger partial charge in [0.25, 0.3) is 5.52 Å². The van der Waals surface area contributed by atoms with E-state index in [2.05, 4.69) is 13.8 Å². The van der Waals surface area contributed by atoms with Crippen LogP contribution in [0, 0.1) is 0 Å². The average Bonchev–Trinajstić information content (AvgIpc) is 2.89. The highest BCUT2D eigenvalue weighted by Crippen LogP contribution is 2.45. The lowest BCUT2D eigenvalue weighted by molar-refractivity contribution is -0.136.